The average Bonchev–Trinajstić information content (AvgIpc) is 1.82. The smallest absolute Gasteiger partial charge is 0.155 e. The van der Waals surface area contributed by atoms with E-state index in [0.717, 1.165) is 4.90 Å². The zero-order valence-corrected chi connectivity index (χ0v) is 6.35. The molecule has 0 radical (unpaired) electrons. The highest BCUT2D eigenvalue weighted by Crippen LogP contribution is 2.27. The third kappa shape index (κ3) is 1.45. The van der Waals surface area contributed by atoms with Crippen molar-refractivity contribution in [1.29, 1.82) is 0 Å². The SMILES string of the molecule is CC1CC(F)N(C)C(F)C1. The molecule has 0 aromatic carbocycles. The molecule has 2 atom stereocenters. The molecule has 0 spiro atoms. The molecule has 1 fully saturated rings. The minimum absolute atomic E-state index is 0.182. The van der Waals surface area contributed by atoms with E-state index in [1.807, 2.05) is 6.92 Å². The van der Waals surface area contributed by atoms with E-state index in [1.165, 1.54) is 7.05 Å². The molecule has 0 amide bonds. The Morgan fingerprint density at radius 1 is 1.20 bits per heavy atom. The van der Waals surface area contributed by atoms with E-state index in [1.54, 1.807) is 0 Å². The predicted molar refractivity (Wildman–Crippen MR) is 36.0 cm³/mol. The Balaban J connectivity index is 2.49. The second-order valence-corrected chi connectivity index (χ2v) is 3.11. The van der Waals surface area contributed by atoms with Crippen LogP contribution in [0.1, 0.15) is 19.8 Å². The Morgan fingerprint density at radius 2 is 1.60 bits per heavy atom. The van der Waals surface area contributed by atoms with Crippen molar-refractivity contribution < 1.29 is 8.78 Å². The fourth-order valence-corrected chi connectivity index (χ4v) is 1.27. The zero-order chi connectivity index (χ0) is 7.72. The van der Waals surface area contributed by atoms with Gasteiger partial charge in [-0.25, -0.2) is 13.7 Å². The molecule has 0 aromatic heterocycles. The molecule has 0 saturated carbocycles. The summed E-state index contributed by atoms with van der Waals surface area (Å²) in [7, 11) is 1.49. The van der Waals surface area contributed by atoms with E-state index in [-0.39, 0.29) is 5.92 Å². The molecule has 0 aliphatic carbocycles. The summed E-state index contributed by atoms with van der Waals surface area (Å²) in [6, 6.07) is 0. The molecule has 2 unspecified atom stereocenters. The van der Waals surface area contributed by atoms with Crippen molar-refractivity contribution in [2.75, 3.05) is 7.05 Å². The van der Waals surface area contributed by atoms with Crippen LogP contribution in [0.15, 0.2) is 0 Å². The summed E-state index contributed by atoms with van der Waals surface area (Å²) in [6.07, 6.45) is -1.23. The second-order valence-electron chi connectivity index (χ2n) is 3.11. The Hall–Kier alpha value is -0.180. The van der Waals surface area contributed by atoms with Crippen LogP contribution in [-0.2, 0) is 0 Å². The molecular weight excluding hydrogens is 136 g/mol. The maximum atomic E-state index is 12.8. The van der Waals surface area contributed by atoms with E-state index in [9.17, 15) is 8.78 Å². The normalized spacial score (nSPS) is 43.8. The van der Waals surface area contributed by atoms with Gasteiger partial charge in [-0.3, -0.25) is 0 Å². The fraction of sp³-hybridized carbons (Fsp3) is 1.00. The minimum Gasteiger partial charge on any atom is -0.247 e. The van der Waals surface area contributed by atoms with Crippen molar-refractivity contribution in [2.45, 2.75) is 32.4 Å². The van der Waals surface area contributed by atoms with Crippen LogP contribution in [0.2, 0.25) is 0 Å². The molecule has 0 aromatic rings. The Labute approximate surface area is 60.0 Å². The number of likely N-dealkylation sites (tertiary alicyclic amines) is 1. The summed E-state index contributed by atoms with van der Waals surface area (Å²) in [5, 5.41) is 0. The van der Waals surface area contributed by atoms with Gasteiger partial charge >= 0.3 is 0 Å². The highest BCUT2D eigenvalue weighted by molar-refractivity contribution is 4.73. The van der Waals surface area contributed by atoms with Gasteiger partial charge in [-0.2, -0.15) is 0 Å². The lowest BCUT2D eigenvalue weighted by atomic mass is 9.98. The topological polar surface area (TPSA) is 3.24 Å². The van der Waals surface area contributed by atoms with Gasteiger partial charge in [0.2, 0.25) is 0 Å². The molecule has 1 rings (SSSR count). The van der Waals surface area contributed by atoms with Gasteiger partial charge in [0.1, 0.15) is 0 Å². The van der Waals surface area contributed by atoms with Crippen LogP contribution in [0.4, 0.5) is 8.78 Å². The van der Waals surface area contributed by atoms with Crippen LogP contribution in [0, 0.1) is 5.92 Å². The van der Waals surface area contributed by atoms with Crippen LogP contribution in [-0.4, -0.2) is 24.5 Å². The number of halogens is 2. The maximum absolute atomic E-state index is 12.8. The molecule has 60 valence electrons. The first-order valence-corrected chi connectivity index (χ1v) is 3.61. The molecule has 10 heavy (non-hydrogen) atoms. The molecule has 1 heterocycles. The lowest BCUT2D eigenvalue weighted by molar-refractivity contribution is -0.0528. The first kappa shape index (κ1) is 7.92. The number of hydrogen-bond acceptors (Lipinski definition) is 1. The van der Waals surface area contributed by atoms with Crippen LogP contribution < -0.4 is 0 Å². The second kappa shape index (κ2) is 2.82. The van der Waals surface area contributed by atoms with Crippen molar-refractivity contribution in [3.63, 3.8) is 0 Å². The van der Waals surface area contributed by atoms with E-state index in [2.05, 4.69) is 0 Å². The lowest BCUT2D eigenvalue weighted by Gasteiger charge is -2.33. The Kier molecular flexibility index (Phi) is 2.24. The summed E-state index contributed by atoms with van der Waals surface area (Å²) in [5.41, 5.74) is 0. The number of piperidine rings is 1. The van der Waals surface area contributed by atoms with Gasteiger partial charge in [-0.15, -0.1) is 0 Å². The monoisotopic (exact) mass is 149 g/mol. The molecule has 1 aliphatic heterocycles. The summed E-state index contributed by atoms with van der Waals surface area (Å²) in [4.78, 5) is 1.15. The lowest BCUT2D eigenvalue weighted by Crippen LogP contribution is -2.41. The van der Waals surface area contributed by atoms with E-state index < -0.39 is 12.6 Å². The van der Waals surface area contributed by atoms with Crippen LogP contribution in [0.3, 0.4) is 0 Å². The Bertz CT molecular complexity index is 106. The van der Waals surface area contributed by atoms with E-state index >= 15 is 0 Å². The highest BCUT2D eigenvalue weighted by Gasteiger charge is 2.30. The zero-order valence-electron chi connectivity index (χ0n) is 6.35. The van der Waals surface area contributed by atoms with Gasteiger partial charge in [0.05, 0.1) is 0 Å². The average molecular weight is 149 g/mol. The number of hydrogen-bond donors (Lipinski definition) is 0. The van der Waals surface area contributed by atoms with Gasteiger partial charge in [0.15, 0.2) is 12.6 Å². The third-order valence-corrected chi connectivity index (χ3v) is 2.08. The summed E-state index contributed by atoms with van der Waals surface area (Å²) >= 11 is 0. The van der Waals surface area contributed by atoms with Gasteiger partial charge in [-0.05, 0) is 25.8 Å². The van der Waals surface area contributed by atoms with E-state index in [4.69, 9.17) is 0 Å². The number of alkyl halides is 2. The van der Waals surface area contributed by atoms with Crippen molar-refractivity contribution >= 4 is 0 Å². The van der Waals surface area contributed by atoms with Gasteiger partial charge < -0.3 is 0 Å². The standard InChI is InChI=1S/C7H13F2N/c1-5-3-6(8)10(2)7(9)4-5/h5-7H,3-4H2,1-2H3. The number of rotatable bonds is 0. The van der Waals surface area contributed by atoms with Crippen LogP contribution >= 0.6 is 0 Å². The predicted octanol–water partition coefficient (Wildman–Crippen LogP) is 1.94. The maximum Gasteiger partial charge on any atom is 0.155 e. The van der Waals surface area contributed by atoms with Crippen molar-refractivity contribution in [3.8, 4) is 0 Å². The van der Waals surface area contributed by atoms with Crippen molar-refractivity contribution in [2.24, 2.45) is 5.92 Å². The summed E-state index contributed by atoms with van der Waals surface area (Å²) in [6.45, 7) is 1.88. The van der Waals surface area contributed by atoms with Crippen LogP contribution in [0.25, 0.3) is 0 Å². The first-order valence-electron chi connectivity index (χ1n) is 3.61. The van der Waals surface area contributed by atoms with Crippen LogP contribution in [0.5, 0.6) is 0 Å². The summed E-state index contributed by atoms with van der Waals surface area (Å²) < 4.78 is 25.5. The van der Waals surface area contributed by atoms with Crippen molar-refractivity contribution in [1.82, 2.24) is 4.90 Å². The fourth-order valence-electron chi connectivity index (χ4n) is 1.27. The highest BCUT2D eigenvalue weighted by atomic mass is 19.2. The molecule has 0 bridgehead atoms. The quantitative estimate of drug-likeness (QED) is 0.476. The largest absolute Gasteiger partial charge is 0.247 e. The van der Waals surface area contributed by atoms with E-state index in [0.29, 0.717) is 12.8 Å². The summed E-state index contributed by atoms with van der Waals surface area (Å²) in [5.74, 6) is 0.182. The third-order valence-electron chi connectivity index (χ3n) is 2.08. The molecule has 0 N–H and O–H groups in total. The van der Waals surface area contributed by atoms with Gasteiger partial charge in [0.25, 0.3) is 0 Å². The minimum atomic E-state index is -1.08. The molecule has 1 nitrogen and oxygen atoms in total. The molecule has 3 heteroatoms. The van der Waals surface area contributed by atoms with Gasteiger partial charge in [0, 0.05) is 0 Å². The Morgan fingerprint density at radius 3 is 2.00 bits per heavy atom. The van der Waals surface area contributed by atoms with Crippen molar-refractivity contribution in [3.05, 3.63) is 0 Å². The van der Waals surface area contributed by atoms with Gasteiger partial charge in [-0.1, -0.05) is 6.92 Å². The number of nitrogens with zero attached hydrogens (tertiary/aromatic N) is 1. The molecular formula is C7H13F2N. The first-order chi connectivity index (χ1) is 4.61. The molecule has 1 aliphatic rings. The molecule has 1 saturated heterocycles.